The molecule has 108 valence electrons. The van der Waals surface area contributed by atoms with Gasteiger partial charge in [-0.2, -0.15) is 0 Å². The number of benzene rings is 1. The van der Waals surface area contributed by atoms with Gasteiger partial charge in [0.25, 0.3) is 5.56 Å². The molecule has 1 atom stereocenters. The number of aromatic nitrogens is 3. The second-order valence-corrected chi connectivity index (χ2v) is 5.11. The van der Waals surface area contributed by atoms with Crippen molar-refractivity contribution in [3.05, 3.63) is 74.7 Å². The molecule has 0 aliphatic heterocycles. The lowest BCUT2D eigenvalue weighted by atomic mass is 10.1. The first kappa shape index (κ1) is 13.3. The van der Waals surface area contributed by atoms with Crippen LogP contribution in [0.15, 0.2) is 52.3 Å². The molecule has 1 aromatic carbocycles. The second-order valence-electron chi connectivity index (χ2n) is 5.11. The predicted octanol–water partition coefficient (Wildman–Crippen LogP) is 2.25. The lowest BCUT2D eigenvalue weighted by Gasteiger charge is -2.15. The average Bonchev–Trinajstić information content (AvgIpc) is 2.49. The molecule has 0 aliphatic carbocycles. The molecule has 2 heterocycles. The van der Waals surface area contributed by atoms with Gasteiger partial charge in [0.15, 0.2) is 0 Å². The Morgan fingerprint density at radius 2 is 1.90 bits per heavy atom. The van der Waals surface area contributed by atoms with Crippen molar-refractivity contribution in [3.8, 4) is 0 Å². The highest BCUT2D eigenvalue weighted by atomic mass is 16.2. The Labute approximate surface area is 122 Å². The van der Waals surface area contributed by atoms with E-state index in [0.717, 1.165) is 11.1 Å². The summed E-state index contributed by atoms with van der Waals surface area (Å²) in [6.07, 6.45) is 3.30. The van der Waals surface area contributed by atoms with Crippen LogP contribution in [0.3, 0.4) is 0 Å². The van der Waals surface area contributed by atoms with Crippen molar-refractivity contribution < 1.29 is 1.43 Å². The number of H-pyrrole nitrogens is 1. The van der Waals surface area contributed by atoms with Gasteiger partial charge in [-0.1, -0.05) is 11.6 Å². The fourth-order valence-corrected chi connectivity index (χ4v) is 2.48. The quantitative estimate of drug-likeness (QED) is 0.784. The molecule has 0 spiro atoms. The van der Waals surface area contributed by atoms with E-state index in [1.165, 1.54) is 4.57 Å². The number of hydrogen-bond acceptors (Lipinski definition) is 3. The monoisotopic (exact) mass is 283 g/mol. The minimum absolute atomic E-state index is 0. The molecule has 0 amide bonds. The van der Waals surface area contributed by atoms with Gasteiger partial charge >= 0.3 is 5.69 Å². The topological polar surface area (TPSA) is 67.8 Å². The summed E-state index contributed by atoms with van der Waals surface area (Å²) in [5.74, 6) is 0. The first-order valence-electron chi connectivity index (χ1n) is 6.73. The van der Waals surface area contributed by atoms with Crippen molar-refractivity contribution in [2.45, 2.75) is 19.9 Å². The van der Waals surface area contributed by atoms with Gasteiger partial charge in [-0.15, -0.1) is 0 Å². The van der Waals surface area contributed by atoms with Crippen LogP contribution >= 0.6 is 0 Å². The molecule has 3 rings (SSSR count). The SMILES string of the molecule is Cc1ccc2[nH]c(=O)n(C(C)c3ccncc3)c(=O)c2c1.[HH]. The van der Waals surface area contributed by atoms with E-state index in [1.54, 1.807) is 36.7 Å². The standard InChI is InChI=1S/C16H15N3O2.H2/c1-10-3-4-14-13(9-10)15(20)19(16(21)18-14)11(2)12-5-7-17-8-6-12;/h3-9,11H,1-2H3,(H,18,21);1H. The molecule has 0 radical (unpaired) electrons. The third-order valence-electron chi connectivity index (χ3n) is 3.66. The second kappa shape index (κ2) is 5.01. The van der Waals surface area contributed by atoms with Crippen LogP contribution in [0.25, 0.3) is 10.9 Å². The van der Waals surface area contributed by atoms with Crippen molar-refractivity contribution in [2.24, 2.45) is 0 Å². The first-order valence-corrected chi connectivity index (χ1v) is 6.73. The number of pyridine rings is 1. The predicted molar refractivity (Wildman–Crippen MR) is 83.7 cm³/mol. The Morgan fingerprint density at radius 3 is 2.62 bits per heavy atom. The van der Waals surface area contributed by atoms with Crippen LogP contribution < -0.4 is 11.2 Å². The molecular formula is C16H17N3O2. The van der Waals surface area contributed by atoms with Crippen LogP contribution in [0.1, 0.15) is 25.5 Å². The van der Waals surface area contributed by atoms with Crippen LogP contribution in [0.5, 0.6) is 0 Å². The number of fused-ring (bicyclic) bond motifs is 1. The van der Waals surface area contributed by atoms with Gasteiger partial charge in [0.05, 0.1) is 16.9 Å². The van der Waals surface area contributed by atoms with Crippen molar-refractivity contribution >= 4 is 10.9 Å². The molecule has 2 aromatic heterocycles. The van der Waals surface area contributed by atoms with Crippen molar-refractivity contribution in [3.63, 3.8) is 0 Å². The first-order chi connectivity index (χ1) is 10.1. The molecule has 21 heavy (non-hydrogen) atoms. The van der Waals surface area contributed by atoms with Gasteiger partial charge in [-0.25, -0.2) is 4.79 Å². The number of hydrogen-bond donors (Lipinski definition) is 1. The number of nitrogens with one attached hydrogen (secondary N) is 1. The Kier molecular flexibility index (Phi) is 3.17. The molecule has 5 nitrogen and oxygen atoms in total. The number of aryl methyl sites for hydroxylation is 1. The number of aromatic amines is 1. The van der Waals surface area contributed by atoms with Gasteiger partial charge in [0.1, 0.15) is 0 Å². The average molecular weight is 283 g/mol. The van der Waals surface area contributed by atoms with Crippen LogP contribution in [-0.4, -0.2) is 14.5 Å². The zero-order valence-electron chi connectivity index (χ0n) is 11.8. The van der Waals surface area contributed by atoms with E-state index in [9.17, 15) is 9.59 Å². The highest BCUT2D eigenvalue weighted by Gasteiger charge is 2.15. The molecule has 0 saturated carbocycles. The molecule has 1 N–H and O–H groups in total. The van der Waals surface area contributed by atoms with Gasteiger partial charge in [0.2, 0.25) is 0 Å². The maximum atomic E-state index is 12.6. The number of rotatable bonds is 2. The fourth-order valence-electron chi connectivity index (χ4n) is 2.48. The van der Waals surface area contributed by atoms with Crippen LogP contribution in [0.4, 0.5) is 0 Å². The summed E-state index contributed by atoms with van der Waals surface area (Å²) in [5.41, 5.74) is 1.73. The molecule has 5 heteroatoms. The lowest BCUT2D eigenvalue weighted by Crippen LogP contribution is -2.37. The van der Waals surface area contributed by atoms with Crippen molar-refractivity contribution in [1.82, 2.24) is 14.5 Å². The summed E-state index contributed by atoms with van der Waals surface area (Å²) >= 11 is 0. The van der Waals surface area contributed by atoms with E-state index in [1.807, 2.05) is 19.9 Å². The Bertz CT molecular complexity index is 916. The van der Waals surface area contributed by atoms with Crippen molar-refractivity contribution in [1.29, 1.82) is 0 Å². The summed E-state index contributed by atoms with van der Waals surface area (Å²) < 4.78 is 1.25. The van der Waals surface area contributed by atoms with Gasteiger partial charge in [-0.05, 0) is 43.7 Å². The third-order valence-corrected chi connectivity index (χ3v) is 3.66. The van der Waals surface area contributed by atoms with E-state index >= 15 is 0 Å². The van der Waals surface area contributed by atoms with Crippen LogP contribution in [0.2, 0.25) is 0 Å². The molecule has 0 saturated heterocycles. The lowest BCUT2D eigenvalue weighted by molar-refractivity contribution is 0.584. The van der Waals surface area contributed by atoms with E-state index in [-0.39, 0.29) is 13.0 Å². The Hall–Kier alpha value is -2.69. The summed E-state index contributed by atoms with van der Waals surface area (Å²) in [6, 6.07) is 8.68. The van der Waals surface area contributed by atoms with E-state index in [2.05, 4.69) is 9.97 Å². The van der Waals surface area contributed by atoms with Crippen molar-refractivity contribution in [2.75, 3.05) is 0 Å². The third kappa shape index (κ3) is 2.27. The normalized spacial score (nSPS) is 12.5. The van der Waals surface area contributed by atoms with Crippen LogP contribution in [-0.2, 0) is 0 Å². The minimum Gasteiger partial charge on any atom is -0.307 e. The van der Waals surface area contributed by atoms with Gasteiger partial charge < -0.3 is 4.98 Å². The van der Waals surface area contributed by atoms with E-state index in [4.69, 9.17) is 0 Å². The van der Waals surface area contributed by atoms with E-state index < -0.39 is 5.69 Å². The zero-order chi connectivity index (χ0) is 15.0. The maximum Gasteiger partial charge on any atom is 0.329 e. The highest BCUT2D eigenvalue weighted by molar-refractivity contribution is 5.77. The van der Waals surface area contributed by atoms with Gasteiger partial charge in [0, 0.05) is 13.8 Å². The minimum atomic E-state index is -0.402. The molecule has 1 unspecified atom stereocenters. The summed E-state index contributed by atoms with van der Waals surface area (Å²) in [7, 11) is 0. The van der Waals surface area contributed by atoms with Gasteiger partial charge in [-0.3, -0.25) is 14.3 Å². The summed E-state index contributed by atoms with van der Waals surface area (Å²) in [6.45, 7) is 3.74. The number of nitrogens with zero attached hydrogens (tertiary/aromatic N) is 2. The van der Waals surface area contributed by atoms with E-state index in [0.29, 0.717) is 10.9 Å². The molecule has 3 aromatic rings. The molecular weight excluding hydrogens is 266 g/mol. The zero-order valence-corrected chi connectivity index (χ0v) is 11.8. The Balaban J connectivity index is 0.00000176. The molecule has 0 aliphatic rings. The van der Waals surface area contributed by atoms with Crippen LogP contribution in [0, 0.1) is 6.92 Å². The fraction of sp³-hybridized carbons (Fsp3) is 0.188. The Morgan fingerprint density at radius 1 is 1.19 bits per heavy atom. The highest BCUT2D eigenvalue weighted by Crippen LogP contribution is 2.14. The molecule has 0 fully saturated rings. The summed E-state index contributed by atoms with van der Waals surface area (Å²) in [4.78, 5) is 31.6. The molecule has 0 bridgehead atoms. The maximum absolute atomic E-state index is 12.6. The summed E-state index contributed by atoms with van der Waals surface area (Å²) in [5, 5.41) is 0.524. The largest absolute Gasteiger partial charge is 0.329 e. The smallest absolute Gasteiger partial charge is 0.307 e.